The molecule has 3 aliphatic rings. The number of fused-ring (bicyclic) bond motifs is 2. The number of carbonyl (C=O) groups is 1. The smallest absolute Gasteiger partial charge is 0.481 e. The number of halogens is 1. The molecule has 8 heteroatoms. The minimum atomic E-state index is -0.786. The number of benzene rings is 1. The molecule has 0 radical (unpaired) electrons. The summed E-state index contributed by atoms with van der Waals surface area (Å²) in [5.41, 5.74) is 3.74. The van der Waals surface area contributed by atoms with E-state index < -0.39 is 24.3 Å². The van der Waals surface area contributed by atoms with Crippen molar-refractivity contribution in [2.75, 3.05) is 5.32 Å². The Labute approximate surface area is 194 Å². The topological polar surface area (TPSA) is 80.7 Å². The van der Waals surface area contributed by atoms with Crippen LogP contribution >= 0.6 is 0 Å². The molecule has 1 aromatic heterocycles. The second-order valence-electron chi connectivity index (χ2n) is 10.5. The van der Waals surface area contributed by atoms with Gasteiger partial charge in [0.15, 0.2) is 0 Å². The fraction of sp³-hybridized carbons (Fsp3) is 0.520. The second-order valence-corrected chi connectivity index (χ2v) is 10.5. The van der Waals surface area contributed by atoms with Gasteiger partial charge in [-0.2, -0.15) is 0 Å². The highest BCUT2D eigenvalue weighted by Crippen LogP contribution is 2.40. The average Bonchev–Trinajstić information content (AvgIpc) is 3.37. The van der Waals surface area contributed by atoms with Crippen molar-refractivity contribution < 1.29 is 23.6 Å². The zero-order valence-electron chi connectivity index (χ0n) is 19.6. The van der Waals surface area contributed by atoms with Crippen molar-refractivity contribution in [3.8, 4) is 0 Å². The first kappa shape index (κ1) is 22.4. The van der Waals surface area contributed by atoms with Crippen LogP contribution in [0.15, 0.2) is 24.4 Å². The molecule has 2 atom stereocenters. The highest BCUT2D eigenvalue weighted by Gasteiger charge is 2.52. The number of carboxylic acids is 1. The van der Waals surface area contributed by atoms with Gasteiger partial charge in [0.1, 0.15) is 11.6 Å². The van der Waals surface area contributed by atoms with Gasteiger partial charge in [0, 0.05) is 11.8 Å². The van der Waals surface area contributed by atoms with Crippen molar-refractivity contribution in [2.45, 2.75) is 83.0 Å². The van der Waals surface area contributed by atoms with Gasteiger partial charge in [0.2, 0.25) is 0 Å². The van der Waals surface area contributed by atoms with Crippen LogP contribution < -0.4 is 10.8 Å². The van der Waals surface area contributed by atoms with E-state index in [9.17, 15) is 4.79 Å². The zero-order chi connectivity index (χ0) is 23.5. The Hall–Kier alpha value is -2.45. The molecule has 0 amide bonds. The number of rotatable bonds is 5. The van der Waals surface area contributed by atoms with Gasteiger partial charge >= 0.3 is 13.1 Å². The third-order valence-electron chi connectivity index (χ3n) is 7.85. The van der Waals surface area contributed by atoms with E-state index in [0.717, 1.165) is 47.8 Å². The Kier molecular flexibility index (Phi) is 5.29. The number of pyridine rings is 1. The van der Waals surface area contributed by atoms with Crippen LogP contribution in [0.1, 0.15) is 81.2 Å². The van der Waals surface area contributed by atoms with Crippen LogP contribution in [0.4, 0.5) is 10.2 Å². The minimum Gasteiger partial charge on any atom is -0.481 e. The van der Waals surface area contributed by atoms with Gasteiger partial charge < -0.3 is 19.7 Å². The third kappa shape index (κ3) is 3.83. The standard InChI is InChI=1S/C25H30BFN2O4/c1-24(2)25(3,4)33-26(32-24)18-8-9-19(27)23-16(18)7-10-20(23)29-21-11-14-5-6-15(12-22(30)31)17(14)13-28-21/h8-9,11,13,15,20H,5-7,10,12H2,1-4H3,(H,28,29)(H,30,31)/t15?,20-/m1/s1. The van der Waals surface area contributed by atoms with Crippen LogP contribution in [0.2, 0.25) is 0 Å². The molecule has 6 nitrogen and oxygen atoms in total. The number of aromatic nitrogens is 1. The minimum absolute atomic E-state index is 0.0196. The van der Waals surface area contributed by atoms with Gasteiger partial charge in [-0.25, -0.2) is 9.37 Å². The third-order valence-corrected chi connectivity index (χ3v) is 7.85. The molecule has 2 heterocycles. The summed E-state index contributed by atoms with van der Waals surface area (Å²) >= 11 is 0. The number of aryl methyl sites for hydroxylation is 1. The van der Waals surface area contributed by atoms with E-state index in [0.29, 0.717) is 11.4 Å². The van der Waals surface area contributed by atoms with E-state index in [1.807, 2.05) is 33.8 Å². The molecule has 0 saturated carbocycles. The fourth-order valence-corrected chi connectivity index (χ4v) is 5.33. The van der Waals surface area contributed by atoms with E-state index in [1.165, 1.54) is 6.07 Å². The molecule has 2 aromatic rings. The molecule has 1 fully saturated rings. The largest absolute Gasteiger partial charge is 0.495 e. The van der Waals surface area contributed by atoms with Crippen molar-refractivity contribution in [3.05, 3.63) is 52.5 Å². The maximum atomic E-state index is 15.0. The molecule has 1 saturated heterocycles. The summed E-state index contributed by atoms with van der Waals surface area (Å²) in [7, 11) is -0.521. The lowest BCUT2D eigenvalue weighted by Gasteiger charge is -2.32. The van der Waals surface area contributed by atoms with Crippen molar-refractivity contribution in [2.24, 2.45) is 0 Å². The highest BCUT2D eigenvalue weighted by molar-refractivity contribution is 6.62. The first-order valence-corrected chi connectivity index (χ1v) is 11.7. The van der Waals surface area contributed by atoms with Crippen molar-refractivity contribution >= 4 is 24.4 Å². The SMILES string of the molecule is CC1(C)OB(c2ccc(F)c3c2CC[C@H]3Nc2cc3c(cn2)C(CC(=O)O)CC3)OC1(C)C. The van der Waals surface area contributed by atoms with Crippen LogP contribution in [0.5, 0.6) is 0 Å². The maximum absolute atomic E-state index is 15.0. The number of aliphatic carboxylic acids is 1. The van der Waals surface area contributed by atoms with Crippen LogP contribution in [0, 0.1) is 5.82 Å². The quantitative estimate of drug-likeness (QED) is 0.665. The Bertz CT molecular complexity index is 1100. The first-order chi connectivity index (χ1) is 15.6. The predicted octanol–water partition coefficient (Wildman–Crippen LogP) is 4.12. The predicted molar refractivity (Wildman–Crippen MR) is 124 cm³/mol. The van der Waals surface area contributed by atoms with Crippen molar-refractivity contribution in [1.82, 2.24) is 4.98 Å². The van der Waals surface area contributed by atoms with E-state index in [4.69, 9.17) is 14.4 Å². The number of carboxylic acid groups (broad SMARTS) is 1. The highest BCUT2D eigenvalue weighted by atomic mass is 19.1. The molecule has 5 rings (SSSR count). The Morgan fingerprint density at radius 2 is 1.94 bits per heavy atom. The lowest BCUT2D eigenvalue weighted by atomic mass is 9.75. The van der Waals surface area contributed by atoms with Crippen LogP contribution in [-0.4, -0.2) is 34.4 Å². The molecule has 2 N–H and O–H groups in total. The molecule has 33 heavy (non-hydrogen) atoms. The summed E-state index contributed by atoms with van der Waals surface area (Å²) < 4.78 is 27.5. The Morgan fingerprint density at radius 1 is 1.21 bits per heavy atom. The lowest BCUT2D eigenvalue weighted by molar-refractivity contribution is -0.137. The van der Waals surface area contributed by atoms with E-state index in [1.54, 1.807) is 12.3 Å². The van der Waals surface area contributed by atoms with Gasteiger partial charge in [-0.15, -0.1) is 0 Å². The van der Waals surface area contributed by atoms with Gasteiger partial charge in [-0.05, 0) is 93.6 Å². The zero-order valence-corrected chi connectivity index (χ0v) is 19.6. The molecular weight excluding hydrogens is 422 g/mol. The van der Waals surface area contributed by atoms with Crippen molar-refractivity contribution in [3.63, 3.8) is 0 Å². The molecule has 0 spiro atoms. The number of anilines is 1. The average molecular weight is 452 g/mol. The lowest BCUT2D eigenvalue weighted by Crippen LogP contribution is -2.41. The van der Waals surface area contributed by atoms with Crippen LogP contribution in [0.25, 0.3) is 0 Å². The number of nitrogens with zero attached hydrogens (tertiary/aromatic N) is 1. The second kappa shape index (κ2) is 7.81. The molecular formula is C25H30BFN2O4. The molecule has 2 aliphatic carbocycles. The van der Waals surface area contributed by atoms with E-state index in [2.05, 4.69) is 10.3 Å². The number of hydrogen-bond donors (Lipinski definition) is 2. The molecule has 174 valence electrons. The van der Waals surface area contributed by atoms with E-state index >= 15 is 4.39 Å². The molecule has 1 aromatic carbocycles. The van der Waals surface area contributed by atoms with Crippen molar-refractivity contribution in [1.29, 1.82) is 0 Å². The maximum Gasteiger partial charge on any atom is 0.495 e. The summed E-state index contributed by atoms with van der Waals surface area (Å²) in [4.78, 5) is 15.7. The van der Waals surface area contributed by atoms with Gasteiger partial charge in [0.05, 0.1) is 23.7 Å². The fourth-order valence-electron chi connectivity index (χ4n) is 5.33. The normalized spacial score (nSPS) is 24.6. The summed E-state index contributed by atoms with van der Waals surface area (Å²) in [6.07, 6.45) is 5.06. The Balaban J connectivity index is 1.39. The summed E-state index contributed by atoms with van der Waals surface area (Å²) in [6, 6.07) is 5.09. The summed E-state index contributed by atoms with van der Waals surface area (Å²) in [5, 5.41) is 12.6. The van der Waals surface area contributed by atoms with Gasteiger partial charge in [0.25, 0.3) is 0 Å². The summed E-state index contributed by atoms with van der Waals surface area (Å²) in [5.74, 6) is -0.303. The monoisotopic (exact) mass is 452 g/mol. The number of hydrogen-bond acceptors (Lipinski definition) is 5. The molecule has 0 bridgehead atoms. The summed E-state index contributed by atoms with van der Waals surface area (Å²) in [6.45, 7) is 8.06. The Morgan fingerprint density at radius 3 is 2.64 bits per heavy atom. The van der Waals surface area contributed by atoms with Crippen LogP contribution in [0.3, 0.4) is 0 Å². The van der Waals surface area contributed by atoms with Crippen LogP contribution in [-0.2, 0) is 26.9 Å². The van der Waals surface area contributed by atoms with E-state index in [-0.39, 0.29) is 24.2 Å². The number of nitrogens with one attached hydrogen (secondary N) is 1. The van der Waals surface area contributed by atoms with Gasteiger partial charge in [-0.1, -0.05) is 6.07 Å². The van der Waals surface area contributed by atoms with Gasteiger partial charge in [-0.3, -0.25) is 4.79 Å². The molecule has 1 unspecified atom stereocenters. The first-order valence-electron chi connectivity index (χ1n) is 11.7. The molecule has 1 aliphatic heterocycles.